The highest BCUT2D eigenvalue weighted by Gasteiger charge is 2.66. The summed E-state index contributed by atoms with van der Waals surface area (Å²) in [5.74, 6) is -0.591. The third kappa shape index (κ3) is 7.15. The van der Waals surface area contributed by atoms with Gasteiger partial charge in [-0.05, 0) is 72.6 Å². The number of aromatic nitrogens is 4. The van der Waals surface area contributed by atoms with Crippen LogP contribution < -0.4 is 15.0 Å². The van der Waals surface area contributed by atoms with Gasteiger partial charge in [-0.1, -0.05) is 72.8 Å². The maximum atomic E-state index is 16.5. The van der Waals surface area contributed by atoms with Crippen molar-refractivity contribution in [2.75, 3.05) is 23.9 Å². The lowest BCUT2D eigenvalue weighted by molar-refractivity contribution is -0.146. The van der Waals surface area contributed by atoms with Gasteiger partial charge in [0.2, 0.25) is 14.3 Å². The van der Waals surface area contributed by atoms with Crippen molar-refractivity contribution >= 4 is 42.5 Å². The second-order valence-corrected chi connectivity index (χ2v) is 19.5. The number of para-hydroxylation sites is 1. The van der Waals surface area contributed by atoms with Crippen LogP contribution in [-0.2, 0) is 39.4 Å². The van der Waals surface area contributed by atoms with E-state index >= 15 is 4.11 Å². The Morgan fingerprint density at radius 1 is 1.07 bits per heavy atom. The monoisotopic (exact) mass is 786 g/mol. The Labute approximate surface area is 332 Å². The summed E-state index contributed by atoms with van der Waals surface area (Å²) in [6.45, 7) is 5.84. The Morgan fingerprint density at radius 3 is 2.56 bits per heavy atom. The van der Waals surface area contributed by atoms with Crippen LogP contribution in [0.1, 0.15) is 47.2 Å². The summed E-state index contributed by atoms with van der Waals surface area (Å²) in [6.07, 6.45) is 3.75. The Bertz CT molecular complexity index is 2400. The minimum Gasteiger partial charge on any atom is -0.497 e. The van der Waals surface area contributed by atoms with Crippen molar-refractivity contribution in [3.8, 4) is 5.75 Å². The average Bonchev–Trinajstić information content (AvgIpc) is 3.97. The van der Waals surface area contributed by atoms with Crippen molar-refractivity contribution < 1.29 is 28.3 Å². The van der Waals surface area contributed by atoms with Crippen LogP contribution in [0.25, 0.3) is 10.9 Å². The summed E-state index contributed by atoms with van der Waals surface area (Å²) in [6, 6.07) is 30.6. The molecule has 2 aromatic heterocycles. The molecular weight excluding hydrogens is 740 g/mol. The number of aliphatic hydroxyl groups excluding tert-OH is 1. The van der Waals surface area contributed by atoms with Crippen LogP contribution in [0.2, 0.25) is 18.6 Å². The van der Waals surface area contributed by atoms with Gasteiger partial charge in [0.15, 0.2) is 5.60 Å². The zero-order chi connectivity index (χ0) is 39.9. The number of rotatable bonds is 13. The molecule has 1 spiro atoms. The summed E-state index contributed by atoms with van der Waals surface area (Å²) < 4.78 is 30.8. The number of amides is 2. The molecule has 8 rings (SSSR count). The number of aryl methyl sites for hydroxylation is 1. The number of anilines is 2. The smallest absolute Gasteiger partial charge is 0.264 e. The van der Waals surface area contributed by atoms with E-state index < -0.39 is 31.6 Å². The third-order valence-electron chi connectivity index (χ3n) is 11.7. The number of aliphatic hydroxyl groups is 1. The molecule has 6 aromatic rings. The van der Waals surface area contributed by atoms with Gasteiger partial charge in [-0.2, -0.15) is 0 Å². The lowest BCUT2D eigenvalue weighted by Crippen LogP contribution is -2.45. The second kappa shape index (κ2) is 15.4. The molecule has 0 bridgehead atoms. The van der Waals surface area contributed by atoms with Crippen LogP contribution in [0.5, 0.6) is 5.75 Å². The molecule has 57 heavy (non-hydrogen) atoms. The van der Waals surface area contributed by atoms with E-state index in [-0.39, 0.29) is 37.3 Å². The number of nitrogens with zero attached hydrogens (tertiary/aromatic N) is 4. The molecule has 2 amide bonds. The fourth-order valence-corrected chi connectivity index (χ4v) is 11.6. The van der Waals surface area contributed by atoms with E-state index in [9.17, 15) is 14.7 Å². The lowest BCUT2D eigenvalue weighted by atomic mass is 9.82. The highest BCUT2D eigenvalue weighted by Crippen LogP contribution is 2.60. The van der Waals surface area contributed by atoms with E-state index in [0.717, 1.165) is 27.6 Å². The number of fused-ring (bicyclic) bond motifs is 3. The van der Waals surface area contributed by atoms with Crippen LogP contribution in [0.15, 0.2) is 109 Å². The largest absolute Gasteiger partial charge is 0.497 e. The zero-order valence-corrected chi connectivity index (χ0v) is 33.5. The summed E-state index contributed by atoms with van der Waals surface area (Å²) in [7, 11) is -1.83. The topological polar surface area (TPSA) is 135 Å². The second-order valence-electron chi connectivity index (χ2n) is 15.7. The SMILES string of the molecule is COc1ccc2c(c1)[C@]1(O[C@@H](CCn3cc(C(CO)c4ccccc4)nn3)[C@H]([Si](C)(C)F)[C@H]1C)C(=O)N2Cc1ccc(NC(=O)Cc2c[nH]c3ccccc23)cc1. The molecule has 1 unspecified atom stereocenters. The summed E-state index contributed by atoms with van der Waals surface area (Å²) in [5.41, 5.74) is 4.44. The summed E-state index contributed by atoms with van der Waals surface area (Å²) >= 11 is 0. The van der Waals surface area contributed by atoms with E-state index in [0.29, 0.717) is 41.3 Å². The molecule has 4 heterocycles. The Kier molecular flexibility index (Phi) is 10.3. The summed E-state index contributed by atoms with van der Waals surface area (Å²) in [4.78, 5) is 32.9. The van der Waals surface area contributed by atoms with E-state index in [1.165, 1.54) is 0 Å². The van der Waals surface area contributed by atoms with Gasteiger partial charge in [0, 0.05) is 52.6 Å². The zero-order valence-electron chi connectivity index (χ0n) is 32.5. The fraction of sp³-hybridized carbons (Fsp3) is 0.318. The molecule has 2 aliphatic rings. The van der Waals surface area contributed by atoms with Crippen molar-refractivity contribution in [3.63, 3.8) is 0 Å². The van der Waals surface area contributed by atoms with Gasteiger partial charge in [0.1, 0.15) is 5.75 Å². The average molecular weight is 787 g/mol. The van der Waals surface area contributed by atoms with Crippen LogP contribution in [0.4, 0.5) is 15.5 Å². The molecule has 1 fully saturated rings. The van der Waals surface area contributed by atoms with Crippen molar-refractivity contribution in [3.05, 3.63) is 137 Å². The molecule has 0 aliphatic carbocycles. The van der Waals surface area contributed by atoms with Crippen LogP contribution >= 0.6 is 0 Å². The molecule has 294 valence electrons. The quantitative estimate of drug-likeness (QED) is 0.0817. The third-order valence-corrected chi connectivity index (χ3v) is 14.2. The van der Waals surface area contributed by atoms with Crippen molar-refractivity contribution in [2.45, 2.75) is 69.1 Å². The molecule has 1 saturated heterocycles. The normalized spacial score (nSPS) is 21.0. The first-order valence-corrected chi connectivity index (χ1v) is 22.3. The number of ether oxygens (including phenoxy) is 2. The van der Waals surface area contributed by atoms with Gasteiger partial charge in [-0.25, -0.2) is 0 Å². The minimum atomic E-state index is -3.41. The number of benzene rings is 4. The number of hydrogen-bond donors (Lipinski definition) is 3. The van der Waals surface area contributed by atoms with E-state index in [4.69, 9.17) is 9.47 Å². The Morgan fingerprint density at radius 2 is 1.82 bits per heavy atom. The van der Waals surface area contributed by atoms with Crippen molar-refractivity contribution in [1.29, 1.82) is 0 Å². The fourth-order valence-electron chi connectivity index (χ4n) is 9.01. The number of hydrogen-bond acceptors (Lipinski definition) is 7. The maximum Gasteiger partial charge on any atom is 0.264 e. The van der Waals surface area contributed by atoms with E-state index in [2.05, 4.69) is 20.6 Å². The highest BCUT2D eigenvalue weighted by atomic mass is 28.4. The van der Waals surface area contributed by atoms with Crippen LogP contribution in [-0.4, -0.2) is 65.1 Å². The molecule has 0 radical (unpaired) electrons. The molecule has 2 aliphatic heterocycles. The Balaban J connectivity index is 1.01. The number of aromatic amines is 1. The molecule has 13 heteroatoms. The van der Waals surface area contributed by atoms with E-state index in [1.807, 2.05) is 116 Å². The number of methoxy groups -OCH3 is 1. The molecule has 0 saturated carbocycles. The standard InChI is InChI=1S/C44H47FN6O5Si/c1-28-42(57(3,4)45)40(20-21-50-26-38(48-49-50)35(27-52)30-10-6-5-7-11-30)56-44(28)36-23-33(55-2)18-19-39(36)51(43(44)54)25-29-14-16-32(17-15-29)47-41(53)22-31-24-46-37-13-9-8-12-34(31)37/h5-19,23-24,26,28,35,40,42,46,52H,20-22,25,27H2,1-4H3,(H,47,53)/t28-,35?,40+,42-,44+/m1/s1. The van der Waals surface area contributed by atoms with E-state index in [1.54, 1.807) is 29.8 Å². The Hall–Kier alpha value is -5.63. The van der Waals surface area contributed by atoms with Gasteiger partial charge in [-0.3, -0.25) is 14.3 Å². The molecule has 5 atom stereocenters. The van der Waals surface area contributed by atoms with Gasteiger partial charge in [0.25, 0.3) is 5.91 Å². The molecule has 11 nitrogen and oxygen atoms in total. The first-order chi connectivity index (χ1) is 27.5. The van der Waals surface area contributed by atoms with Gasteiger partial charge in [0.05, 0.1) is 50.1 Å². The first-order valence-electron chi connectivity index (χ1n) is 19.4. The number of nitrogens with one attached hydrogen (secondary N) is 2. The maximum absolute atomic E-state index is 16.5. The van der Waals surface area contributed by atoms with Gasteiger partial charge < -0.3 is 33.9 Å². The van der Waals surface area contributed by atoms with Crippen LogP contribution in [0.3, 0.4) is 0 Å². The minimum absolute atomic E-state index is 0.118. The lowest BCUT2D eigenvalue weighted by Gasteiger charge is -2.31. The highest BCUT2D eigenvalue weighted by molar-refractivity contribution is 6.72. The number of halogens is 1. The number of H-pyrrole nitrogens is 1. The van der Waals surface area contributed by atoms with Crippen LogP contribution in [0, 0.1) is 5.92 Å². The predicted octanol–water partition coefficient (Wildman–Crippen LogP) is 7.49. The first kappa shape index (κ1) is 38.3. The van der Waals surface area contributed by atoms with Gasteiger partial charge >= 0.3 is 0 Å². The molecule has 4 aromatic carbocycles. The van der Waals surface area contributed by atoms with Crippen molar-refractivity contribution in [2.24, 2.45) is 5.92 Å². The molecular formula is C44H47FN6O5Si. The number of carbonyl (C=O) groups is 2. The summed E-state index contributed by atoms with van der Waals surface area (Å²) in [5, 5.41) is 22.9. The van der Waals surface area contributed by atoms with Crippen molar-refractivity contribution in [1.82, 2.24) is 20.0 Å². The van der Waals surface area contributed by atoms with Gasteiger partial charge in [-0.15, -0.1) is 5.10 Å². The predicted molar refractivity (Wildman–Crippen MR) is 219 cm³/mol. The number of carbonyl (C=O) groups excluding carboxylic acids is 2. The molecule has 3 N–H and O–H groups in total.